The van der Waals surface area contributed by atoms with Gasteiger partial charge < -0.3 is 0 Å². The van der Waals surface area contributed by atoms with Crippen molar-refractivity contribution in [2.75, 3.05) is 0 Å². The Hall–Kier alpha value is -0.260. The molecule has 0 amide bonds. The van der Waals surface area contributed by atoms with Crippen LogP contribution >= 0.6 is 0 Å². The summed E-state index contributed by atoms with van der Waals surface area (Å²) in [5.74, 6) is 0.958. The standard InChI is InChI=1S/C15H24/c1-11-6-9-15(10-12(11)15)14(4)8-5-7-13(14,2)3/h6,12H,5,7-10H2,1-4H3/t12-,14+,15+/m1/s1. The van der Waals surface area contributed by atoms with Gasteiger partial charge in [0.25, 0.3) is 0 Å². The Kier molecular flexibility index (Phi) is 1.67. The third-order valence-corrected chi connectivity index (χ3v) is 6.48. The maximum atomic E-state index is 2.59. The predicted octanol–water partition coefficient (Wildman–Crippen LogP) is 4.56. The van der Waals surface area contributed by atoms with Gasteiger partial charge in [-0.15, -0.1) is 0 Å². The van der Waals surface area contributed by atoms with Crippen LogP contribution in [0.2, 0.25) is 0 Å². The summed E-state index contributed by atoms with van der Waals surface area (Å²) in [5.41, 5.74) is 3.56. The van der Waals surface area contributed by atoms with Crippen LogP contribution in [-0.2, 0) is 0 Å². The maximum Gasteiger partial charge on any atom is -0.0132 e. The van der Waals surface area contributed by atoms with Gasteiger partial charge in [0, 0.05) is 0 Å². The summed E-state index contributed by atoms with van der Waals surface area (Å²) in [5, 5.41) is 0. The molecule has 3 atom stereocenters. The van der Waals surface area contributed by atoms with Crippen LogP contribution in [0.5, 0.6) is 0 Å². The van der Waals surface area contributed by atoms with Gasteiger partial charge in [-0.3, -0.25) is 0 Å². The van der Waals surface area contributed by atoms with Crippen molar-refractivity contribution in [3.8, 4) is 0 Å². The second kappa shape index (κ2) is 2.52. The van der Waals surface area contributed by atoms with Gasteiger partial charge in [0.15, 0.2) is 0 Å². The molecule has 0 saturated heterocycles. The van der Waals surface area contributed by atoms with Gasteiger partial charge in [0.2, 0.25) is 0 Å². The Morgan fingerprint density at radius 2 is 1.93 bits per heavy atom. The van der Waals surface area contributed by atoms with Gasteiger partial charge in [-0.2, -0.15) is 0 Å². The van der Waals surface area contributed by atoms with Crippen molar-refractivity contribution in [1.29, 1.82) is 0 Å². The van der Waals surface area contributed by atoms with E-state index in [1.807, 2.05) is 0 Å². The molecule has 15 heavy (non-hydrogen) atoms. The molecular formula is C15H24. The topological polar surface area (TPSA) is 0 Å². The highest BCUT2D eigenvalue weighted by Gasteiger charge is 2.70. The number of hydrogen-bond acceptors (Lipinski definition) is 0. The fourth-order valence-corrected chi connectivity index (χ4v) is 4.87. The molecule has 0 aromatic rings. The van der Waals surface area contributed by atoms with Crippen molar-refractivity contribution in [2.24, 2.45) is 22.2 Å². The lowest BCUT2D eigenvalue weighted by Crippen LogP contribution is -2.38. The largest absolute Gasteiger partial charge is 0.0847 e. The van der Waals surface area contributed by atoms with Crippen LogP contribution in [0, 0.1) is 22.2 Å². The van der Waals surface area contributed by atoms with E-state index < -0.39 is 0 Å². The van der Waals surface area contributed by atoms with Gasteiger partial charge in [0.05, 0.1) is 0 Å². The summed E-state index contributed by atoms with van der Waals surface area (Å²) < 4.78 is 0. The van der Waals surface area contributed by atoms with Crippen molar-refractivity contribution < 1.29 is 0 Å². The maximum absolute atomic E-state index is 2.59. The van der Waals surface area contributed by atoms with E-state index in [0.29, 0.717) is 16.2 Å². The van der Waals surface area contributed by atoms with Gasteiger partial charge >= 0.3 is 0 Å². The van der Waals surface area contributed by atoms with Crippen molar-refractivity contribution in [3.05, 3.63) is 11.6 Å². The smallest absolute Gasteiger partial charge is 0.0132 e. The second-order valence-corrected chi connectivity index (χ2v) is 7.13. The lowest BCUT2D eigenvalue weighted by molar-refractivity contribution is 0.0341. The Bertz CT molecular complexity index is 336. The lowest BCUT2D eigenvalue weighted by Gasteiger charge is -2.45. The summed E-state index contributed by atoms with van der Waals surface area (Å²) in [6.45, 7) is 9.97. The van der Waals surface area contributed by atoms with E-state index >= 15 is 0 Å². The zero-order valence-corrected chi connectivity index (χ0v) is 10.7. The molecule has 3 rings (SSSR count). The minimum atomic E-state index is 0.570. The number of hydrogen-bond donors (Lipinski definition) is 0. The highest BCUT2D eigenvalue weighted by molar-refractivity contribution is 5.33. The van der Waals surface area contributed by atoms with E-state index in [-0.39, 0.29) is 0 Å². The van der Waals surface area contributed by atoms with E-state index in [1.54, 1.807) is 5.57 Å². The minimum absolute atomic E-state index is 0.570. The Morgan fingerprint density at radius 1 is 1.20 bits per heavy atom. The highest BCUT2D eigenvalue weighted by Crippen LogP contribution is 2.78. The summed E-state index contributed by atoms with van der Waals surface area (Å²) in [6, 6.07) is 0. The van der Waals surface area contributed by atoms with Crippen LogP contribution in [0.4, 0.5) is 0 Å². The summed E-state index contributed by atoms with van der Waals surface area (Å²) in [6.07, 6.45) is 9.76. The van der Waals surface area contributed by atoms with Crippen LogP contribution in [-0.4, -0.2) is 0 Å². The van der Waals surface area contributed by atoms with Crippen LogP contribution in [0.25, 0.3) is 0 Å². The second-order valence-electron chi connectivity index (χ2n) is 7.13. The lowest BCUT2D eigenvalue weighted by atomic mass is 9.59. The van der Waals surface area contributed by atoms with E-state index in [9.17, 15) is 0 Å². The predicted molar refractivity (Wildman–Crippen MR) is 64.7 cm³/mol. The van der Waals surface area contributed by atoms with E-state index in [4.69, 9.17) is 0 Å². The number of rotatable bonds is 1. The fourth-order valence-electron chi connectivity index (χ4n) is 4.87. The first-order valence-electron chi connectivity index (χ1n) is 6.60. The average Bonchev–Trinajstić information content (AvgIpc) is 2.73. The van der Waals surface area contributed by atoms with E-state index in [1.165, 1.54) is 32.1 Å². The van der Waals surface area contributed by atoms with Crippen molar-refractivity contribution in [2.45, 2.75) is 59.8 Å². The Morgan fingerprint density at radius 3 is 2.33 bits per heavy atom. The van der Waals surface area contributed by atoms with Gasteiger partial charge in [-0.1, -0.05) is 38.8 Å². The van der Waals surface area contributed by atoms with E-state index in [2.05, 4.69) is 33.8 Å². The summed E-state index contributed by atoms with van der Waals surface area (Å²) in [7, 11) is 0. The van der Waals surface area contributed by atoms with Crippen LogP contribution in [0.3, 0.4) is 0 Å². The molecule has 3 aliphatic carbocycles. The first-order valence-corrected chi connectivity index (χ1v) is 6.60. The molecule has 0 radical (unpaired) electrons. The molecule has 0 heteroatoms. The molecule has 0 unspecified atom stereocenters. The average molecular weight is 204 g/mol. The van der Waals surface area contributed by atoms with Gasteiger partial charge in [-0.25, -0.2) is 0 Å². The minimum Gasteiger partial charge on any atom is -0.0847 e. The molecule has 3 aliphatic rings. The molecule has 84 valence electrons. The molecule has 0 bridgehead atoms. The molecule has 0 spiro atoms. The Labute approximate surface area is 94.1 Å². The molecule has 2 saturated carbocycles. The van der Waals surface area contributed by atoms with Crippen molar-refractivity contribution >= 4 is 0 Å². The monoisotopic (exact) mass is 204 g/mol. The van der Waals surface area contributed by atoms with Crippen LogP contribution < -0.4 is 0 Å². The SMILES string of the molecule is CC1=CC[C@]2([C@@]3(C)CCCC3(C)C)C[C@H]12. The van der Waals surface area contributed by atoms with Crippen molar-refractivity contribution in [1.82, 2.24) is 0 Å². The zero-order chi connectivity index (χ0) is 10.9. The third-order valence-electron chi connectivity index (χ3n) is 6.48. The van der Waals surface area contributed by atoms with Gasteiger partial charge in [-0.05, 0) is 54.8 Å². The zero-order valence-electron chi connectivity index (χ0n) is 10.7. The van der Waals surface area contributed by atoms with E-state index in [0.717, 1.165) is 5.92 Å². The quantitative estimate of drug-likeness (QED) is 0.549. The number of allylic oxidation sites excluding steroid dienone is 2. The molecule has 0 nitrogen and oxygen atoms in total. The Balaban J connectivity index is 1.96. The molecule has 0 aromatic carbocycles. The van der Waals surface area contributed by atoms with Crippen LogP contribution in [0.1, 0.15) is 59.8 Å². The first-order chi connectivity index (χ1) is 6.93. The molecule has 0 N–H and O–H groups in total. The first kappa shape index (κ1) is 9.93. The normalized spacial score (nSPS) is 51.5. The third kappa shape index (κ3) is 0.946. The van der Waals surface area contributed by atoms with Crippen molar-refractivity contribution in [3.63, 3.8) is 0 Å². The number of fused-ring (bicyclic) bond motifs is 1. The fraction of sp³-hybridized carbons (Fsp3) is 0.867. The van der Waals surface area contributed by atoms with Crippen LogP contribution in [0.15, 0.2) is 11.6 Å². The highest BCUT2D eigenvalue weighted by atomic mass is 14.7. The summed E-state index contributed by atoms with van der Waals surface area (Å²) in [4.78, 5) is 0. The molecule has 2 fully saturated rings. The summed E-state index contributed by atoms with van der Waals surface area (Å²) >= 11 is 0. The molecule has 0 heterocycles. The molecular weight excluding hydrogens is 180 g/mol. The van der Waals surface area contributed by atoms with Gasteiger partial charge in [0.1, 0.15) is 0 Å². The molecule has 0 aromatic heterocycles. The molecule has 0 aliphatic heterocycles.